The number of nitrogens with one attached hydrogen (secondary N) is 1. The number of hydrogen-bond donors (Lipinski definition) is 1. The number of hydrogen-bond acceptors (Lipinski definition) is 4. The minimum atomic E-state index is -0.308. The second kappa shape index (κ2) is 8.31. The van der Waals surface area contributed by atoms with Gasteiger partial charge in [0.05, 0.1) is 0 Å². The van der Waals surface area contributed by atoms with E-state index in [-0.39, 0.29) is 17.5 Å². The number of carbonyl (C=O) groups is 2. The monoisotopic (exact) mass is 366 g/mol. The zero-order valence-electron chi connectivity index (χ0n) is 16.2. The Morgan fingerprint density at radius 2 is 1.74 bits per heavy atom. The molecule has 2 amide bonds. The van der Waals surface area contributed by atoms with Crippen LogP contribution in [0, 0.1) is 13.8 Å². The van der Waals surface area contributed by atoms with E-state index in [0.29, 0.717) is 18.7 Å². The summed E-state index contributed by atoms with van der Waals surface area (Å²) in [5.74, 6) is -0.355. The van der Waals surface area contributed by atoms with Gasteiger partial charge in [0.1, 0.15) is 5.69 Å². The highest BCUT2D eigenvalue weighted by Crippen LogP contribution is 2.20. The lowest BCUT2D eigenvalue weighted by Crippen LogP contribution is -2.48. The van der Waals surface area contributed by atoms with Crippen LogP contribution < -0.4 is 5.32 Å². The largest absolute Gasteiger partial charge is 0.336 e. The number of likely N-dealkylation sites (N-methyl/N-ethyl adjacent to an activating group) is 1. The highest BCUT2D eigenvalue weighted by atomic mass is 16.2. The third kappa shape index (κ3) is 4.34. The maximum Gasteiger partial charge on any atom is 0.274 e. The Labute approximate surface area is 160 Å². The van der Waals surface area contributed by atoms with Crippen LogP contribution in [0.5, 0.6) is 0 Å². The maximum absolute atomic E-state index is 12.8. The molecule has 0 spiro atoms. The van der Waals surface area contributed by atoms with E-state index in [2.05, 4.69) is 22.1 Å². The number of piperazine rings is 1. The van der Waals surface area contributed by atoms with Crippen molar-refractivity contribution in [2.24, 2.45) is 0 Å². The lowest BCUT2D eigenvalue weighted by molar-refractivity contribution is 0.0643. The molecule has 1 fully saturated rings. The normalized spacial score (nSPS) is 14.9. The molecule has 142 valence electrons. The average Bonchev–Trinajstić information content (AvgIpc) is 2.70. The van der Waals surface area contributed by atoms with Gasteiger partial charge in [0.25, 0.3) is 11.8 Å². The Balaban J connectivity index is 1.73. The van der Waals surface area contributed by atoms with Crippen molar-refractivity contribution in [3.63, 3.8) is 0 Å². The highest BCUT2D eigenvalue weighted by molar-refractivity contribution is 6.05. The van der Waals surface area contributed by atoms with E-state index in [0.717, 1.165) is 36.4 Å². The maximum atomic E-state index is 12.8. The molecular weight excluding hydrogens is 340 g/mol. The lowest BCUT2D eigenvalue weighted by atomic mass is 10.1. The Morgan fingerprint density at radius 3 is 2.37 bits per heavy atom. The van der Waals surface area contributed by atoms with Crippen molar-refractivity contribution in [3.8, 4) is 0 Å². The minimum absolute atomic E-state index is 0.0470. The number of amides is 2. The van der Waals surface area contributed by atoms with Crippen LogP contribution in [-0.4, -0.2) is 59.3 Å². The van der Waals surface area contributed by atoms with E-state index in [9.17, 15) is 9.59 Å². The topological polar surface area (TPSA) is 65.5 Å². The summed E-state index contributed by atoms with van der Waals surface area (Å²) in [6, 6.07) is 9.11. The van der Waals surface area contributed by atoms with Crippen molar-refractivity contribution in [2.75, 3.05) is 38.0 Å². The summed E-state index contributed by atoms with van der Waals surface area (Å²) in [5.41, 5.74) is 3.52. The molecule has 0 atom stereocenters. The van der Waals surface area contributed by atoms with Crippen LogP contribution in [0.3, 0.4) is 0 Å². The molecular formula is C21H26N4O2. The van der Waals surface area contributed by atoms with Gasteiger partial charge in [0.15, 0.2) is 0 Å². The van der Waals surface area contributed by atoms with Crippen LogP contribution in [0.15, 0.2) is 36.5 Å². The van der Waals surface area contributed by atoms with Crippen molar-refractivity contribution in [2.45, 2.75) is 20.8 Å². The Bertz CT molecular complexity index is 822. The second-order valence-corrected chi connectivity index (χ2v) is 6.88. The minimum Gasteiger partial charge on any atom is -0.336 e. The van der Waals surface area contributed by atoms with Gasteiger partial charge in [0, 0.05) is 43.6 Å². The molecule has 6 heteroatoms. The molecule has 1 aliphatic heterocycles. The van der Waals surface area contributed by atoms with E-state index < -0.39 is 0 Å². The molecule has 1 saturated heterocycles. The molecule has 2 heterocycles. The van der Waals surface area contributed by atoms with E-state index >= 15 is 0 Å². The quantitative estimate of drug-likeness (QED) is 0.904. The van der Waals surface area contributed by atoms with Gasteiger partial charge in [-0.3, -0.25) is 14.6 Å². The third-order valence-electron chi connectivity index (χ3n) is 5.07. The Morgan fingerprint density at radius 1 is 1.07 bits per heavy atom. The fourth-order valence-electron chi connectivity index (χ4n) is 3.33. The van der Waals surface area contributed by atoms with Crippen LogP contribution >= 0.6 is 0 Å². The van der Waals surface area contributed by atoms with Crippen LogP contribution in [0.4, 0.5) is 5.69 Å². The van der Waals surface area contributed by atoms with E-state index in [1.54, 1.807) is 12.1 Å². The molecule has 2 aromatic rings. The number of benzene rings is 1. The molecule has 6 nitrogen and oxygen atoms in total. The molecule has 0 unspecified atom stereocenters. The van der Waals surface area contributed by atoms with Crippen molar-refractivity contribution in [1.82, 2.24) is 14.8 Å². The third-order valence-corrected chi connectivity index (χ3v) is 5.07. The summed E-state index contributed by atoms with van der Waals surface area (Å²) in [6.07, 6.45) is 1.52. The van der Waals surface area contributed by atoms with Gasteiger partial charge >= 0.3 is 0 Å². The molecule has 1 aromatic heterocycles. The van der Waals surface area contributed by atoms with Gasteiger partial charge in [-0.15, -0.1) is 0 Å². The highest BCUT2D eigenvalue weighted by Gasteiger charge is 2.22. The second-order valence-electron chi connectivity index (χ2n) is 6.88. The standard InChI is InChI=1S/C21H26N4O2/c1-4-24-10-12-25(13-11-24)21(27)17-8-9-22-18(14-17)20(26)23-19-15(2)6-5-7-16(19)3/h5-9,14H,4,10-13H2,1-3H3,(H,23,26). The predicted molar refractivity (Wildman–Crippen MR) is 106 cm³/mol. The molecule has 0 radical (unpaired) electrons. The van der Waals surface area contributed by atoms with Crippen molar-refractivity contribution in [1.29, 1.82) is 0 Å². The van der Waals surface area contributed by atoms with Crippen LogP contribution in [0.2, 0.25) is 0 Å². The van der Waals surface area contributed by atoms with E-state index in [4.69, 9.17) is 0 Å². The average molecular weight is 366 g/mol. The van der Waals surface area contributed by atoms with Crippen molar-refractivity contribution in [3.05, 3.63) is 58.9 Å². The van der Waals surface area contributed by atoms with Gasteiger partial charge in [-0.2, -0.15) is 0 Å². The Hall–Kier alpha value is -2.73. The number of para-hydroxylation sites is 1. The number of aryl methyl sites for hydroxylation is 2. The van der Waals surface area contributed by atoms with Gasteiger partial charge < -0.3 is 15.1 Å². The van der Waals surface area contributed by atoms with Crippen LogP contribution in [-0.2, 0) is 0 Å². The molecule has 1 aliphatic rings. The first kappa shape index (κ1) is 19.0. The van der Waals surface area contributed by atoms with E-state index in [1.165, 1.54) is 6.20 Å². The molecule has 3 rings (SSSR count). The molecule has 1 N–H and O–H groups in total. The zero-order valence-corrected chi connectivity index (χ0v) is 16.2. The lowest BCUT2D eigenvalue weighted by Gasteiger charge is -2.34. The number of aromatic nitrogens is 1. The molecule has 1 aromatic carbocycles. The number of pyridine rings is 1. The first-order valence-electron chi connectivity index (χ1n) is 9.35. The number of rotatable bonds is 4. The van der Waals surface area contributed by atoms with Gasteiger partial charge in [-0.25, -0.2) is 0 Å². The van der Waals surface area contributed by atoms with Crippen LogP contribution in [0.25, 0.3) is 0 Å². The van der Waals surface area contributed by atoms with Crippen molar-refractivity contribution < 1.29 is 9.59 Å². The number of anilines is 1. The first-order valence-corrected chi connectivity index (χ1v) is 9.35. The molecule has 0 saturated carbocycles. The zero-order chi connectivity index (χ0) is 19.4. The van der Waals surface area contributed by atoms with Crippen LogP contribution in [0.1, 0.15) is 38.9 Å². The van der Waals surface area contributed by atoms with E-state index in [1.807, 2.05) is 36.9 Å². The first-order chi connectivity index (χ1) is 13.0. The van der Waals surface area contributed by atoms with Crippen molar-refractivity contribution >= 4 is 17.5 Å². The van der Waals surface area contributed by atoms with Gasteiger partial charge in [-0.1, -0.05) is 25.1 Å². The number of carbonyl (C=O) groups excluding carboxylic acids is 2. The molecule has 0 bridgehead atoms. The molecule has 0 aliphatic carbocycles. The number of nitrogens with zero attached hydrogens (tertiary/aromatic N) is 3. The molecule has 27 heavy (non-hydrogen) atoms. The summed E-state index contributed by atoms with van der Waals surface area (Å²) in [6.45, 7) is 10.2. The predicted octanol–water partition coefficient (Wildman–Crippen LogP) is 2.73. The summed E-state index contributed by atoms with van der Waals surface area (Å²) < 4.78 is 0. The summed E-state index contributed by atoms with van der Waals surface area (Å²) in [7, 11) is 0. The van der Waals surface area contributed by atoms with Gasteiger partial charge in [0.2, 0.25) is 0 Å². The SMILES string of the molecule is CCN1CCN(C(=O)c2ccnc(C(=O)Nc3c(C)cccc3C)c2)CC1. The summed E-state index contributed by atoms with van der Waals surface area (Å²) in [5, 5.41) is 2.92. The fraction of sp³-hybridized carbons (Fsp3) is 0.381. The smallest absolute Gasteiger partial charge is 0.274 e. The summed E-state index contributed by atoms with van der Waals surface area (Å²) >= 11 is 0. The van der Waals surface area contributed by atoms with Gasteiger partial charge in [-0.05, 0) is 43.7 Å². The summed E-state index contributed by atoms with van der Waals surface area (Å²) in [4.78, 5) is 33.7. The fourth-order valence-corrected chi connectivity index (χ4v) is 3.33. The Kier molecular flexibility index (Phi) is 5.86.